The molecular formula is C16H28OSi3. The van der Waals surface area contributed by atoms with E-state index in [-0.39, 0.29) is 5.78 Å². The molecule has 0 aromatic heterocycles. The molecular weight excluding hydrogens is 292 g/mol. The van der Waals surface area contributed by atoms with Crippen LogP contribution >= 0.6 is 0 Å². The Hall–Kier alpha value is -0.459. The van der Waals surface area contributed by atoms with Crippen molar-refractivity contribution < 1.29 is 4.79 Å². The molecule has 0 saturated heterocycles. The minimum atomic E-state index is -1.39. The first-order chi connectivity index (χ1) is 8.98. The number of benzene rings is 1. The molecule has 110 valence electrons. The molecule has 1 nitrogen and oxygen atoms in total. The molecule has 1 aliphatic heterocycles. The van der Waals surface area contributed by atoms with Gasteiger partial charge in [0, 0.05) is 12.7 Å². The predicted octanol–water partition coefficient (Wildman–Crippen LogP) is 3.16. The number of aryl methyl sites for hydroxylation is 1. The van der Waals surface area contributed by atoms with Crippen molar-refractivity contribution in [2.45, 2.75) is 59.6 Å². The minimum Gasteiger partial charge on any atom is -0.295 e. The maximum absolute atomic E-state index is 12.0. The van der Waals surface area contributed by atoms with Gasteiger partial charge in [-0.1, -0.05) is 68.7 Å². The Morgan fingerprint density at radius 2 is 1.40 bits per heavy atom. The van der Waals surface area contributed by atoms with Gasteiger partial charge in [-0.25, -0.2) is 0 Å². The number of Topliss-reactive ketones (excluding diaryl/α,β-unsaturated/α-hetero) is 1. The Labute approximate surface area is 126 Å². The predicted molar refractivity (Wildman–Crippen MR) is 97.5 cm³/mol. The monoisotopic (exact) mass is 320 g/mol. The van der Waals surface area contributed by atoms with E-state index in [1.165, 1.54) is 5.56 Å². The van der Waals surface area contributed by atoms with Gasteiger partial charge >= 0.3 is 0 Å². The number of carbonyl (C=O) groups is 1. The van der Waals surface area contributed by atoms with Gasteiger partial charge in [0.2, 0.25) is 0 Å². The molecule has 0 radical (unpaired) electrons. The molecule has 0 saturated carbocycles. The summed E-state index contributed by atoms with van der Waals surface area (Å²) in [6.45, 7) is 19.4. The number of rotatable bonds is 2. The van der Waals surface area contributed by atoms with Gasteiger partial charge < -0.3 is 0 Å². The number of hydrogen-bond acceptors (Lipinski definition) is 1. The highest BCUT2D eigenvalue weighted by molar-refractivity contribution is 7.76. The van der Waals surface area contributed by atoms with Gasteiger partial charge in [0.25, 0.3) is 0 Å². The second kappa shape index (κ2) is 4.52. The number of ketones is 1. The van der Waals surface area contributed by atoms with Crippen molar-refractivity contribution in [2.24, 2.45) is 0 Å². The molecule has 0 spiro atoms. The number of hydrogen-bond donors (Lipinski definition) is 0. The zero-order chi connectivity index (χ0) is 15.5. The molecule has 20 heavy (non-hydrogen) atoms. The van der Waals surface area contributed by atoms with Crippen LogP contribution in [0, 0.1) is 0 Å². The van der Waals surface area contributed by atoms with Crippen LogP contribution in [0.3, 0.4) is 0 Å². The van der Waals surface area contributed by atoms with Crippen LogP contribution in [0.15, 0.2) is 12.1 Å². The second-order valence-corrected chi connectivity index (χ2v) is 35.2. The Kier molecular flexibility index (Phi) is 3.59. The average Bonchev–Trinajstić information content (AvgIpc) is 2.44. The van der Waals surface area contributed by atoms with Gasteiger partial charge in [-0.15, -0.1) is 0 Å². The fraction of sp³-hybridized carbons (Fsp3) is 0.562. The summed E-state index contributed by atoms with van der Waals surface area (Å²) in [5.74, 6) is 0.236. The van der Waals surface area contributed by atoms with E-state index in [1.807, 2.05) is 0 Å². The summed E-state index contributed by atoms with van der Waals surface area (Å²) >= 11 is 0. The molecule has 2 rings (SSSR count). The lowest BCUT2D eigenvalue weighted by Gasteiger charge is -2.40. The summed E-state index contributed by atoms with van der Waals surface area (Å²) < 4.78 is 0. The normalized spacial score (nSPS) is 21.6. The van der Waals surface area contributed by atoms with E-state index in [0.29, 0.717) is 0 Å². The van der Waals surface area contributed by atoms with E-state index in [9.17, 15) is 4.79 Å². The quantitative estimate of drug-likeness (QED) is 0.604. The van der Waals surface area contributed by atoms with Crippen LogP contribution in [0.4, 0.5) is 0 Å². The van der Waals surface area contributed by atoms with Gasteiger partial charge in [-0.3, -0.25) is 4.79 Å². The Morgan fingerprint density at radius 3 is 1.80 bits per heavy atom. The van der Waals surface area contributed by atoms with E-state index in [4.69, 9.17) is 0 Å². The third-order valence-electron chi connectivity index (χ3n) is 6.48. The van der Waals surface area contributed by atoms with Crippen LogP contribution in [-0.2, 0) is 6.42 Å². The van der Waals surface area contributed by atoms with Crippen molar-refractivity contribution in [3.8, 4) is 0 Å². The van der Waals surface area contributed by atoms with E-state index in [0.717, 1.165) is 12.0 Å². The molecule has 0 amide bonds. The topological polar surface area (TPSA) is 17.1 Å². The van der Waals surface area contributed by atoms with Crippen LogP contribution in [0.25, 0.3) is 0 Å². The standard InChI is InChI=1S/C16H28OSi3/c1-9-13-10-15-16(11-14(13)12(2)17)19(5,6)20(7,8)18(15,3)4/h10-11H,9H2,1-8H3. The highest BCUT2D eigenvalue weighted by atomic mass is 29.6. The molecule has 1 aromatic carbocycles. The number of carbonyl (C=O) groups excluding carboxylic acids is 1. The molecule has 1 aliphatic rings. The third kappa shape index (κ3) is 1.81. The van der Waals surface area contributed by atoms with Crippen LogP contribution < -0.4 is 10.4 Å². The fourth-order valence-electron chi connectivity index (χ4n) is 3.75. The van der Waals surface area contributed by atoms with E-state index in [1.54, 1.807) is 17.3 Å². The third-order valence-corrected chi connectivity index (χ3v) is 48.1. The van der Waals surface area contributed by atoms with Crippen LogP contribution in [-0.4, -0.2) is 28.1 Å². The molecule has 1 aromatic rings. The summed E-state index contributed by atoms with van der Waals surface area (Å²) in [5, 5.41) is 3.31. The van der Waals surface area contributed by atoms with Crippen molar-refractivity contribution >= 4 is 38.4 Å². The van der Waals surface area contributed by atoms with E-state index < -0.39 is 22.3 Å². The van der Waals surface area contributed by atoms with Crippen molar-refractivity contribution in [1.82, 2.24) is 0 Å². The van der Waals surface area contributed by atoms with Crippen LogP contribution in [0.2, 0.25) is 39.3 Å². The van der Waals surface area contributed by atoms with Crippen molar-refractivity contribution in [2.75, 3.05) is 0 Å². The average molecular weight is 321 g/mol. The molecule has 0 fully saturated rings. The Bertz CT molecular complexity index is 586. The summed E-state index contributed by atoms with van der Waals surface area (Å²) in [7, 11) is -3.96. The van der Waals surface area contributed by atoms with Crippen molar-refractivity contribution in [1.29, 1.82) is 0 Å². The minimum absolute atomic E-state index is 0.236. The summed E-state index contributed by atoms with van der Waals surface area (Å²) in [6.07, 6.45) is 0.969. The Morgan fingerprint density at radius 1 is 0.950 bits per heavy atom. The van der Waals surface area contributed by atoms with Gasteiger partial charge in [0.05, 0.1) is 15.2 Å². The highest BCUT2D eigenvalue weighted by Gasteiger charge is 2.60. The summed E-state index contributed by atoms with van der Waals surface area (Å²) in [6, 6.07) is 4.73. The van der Waals surface area contributed by atoms with Crippen molar-refractivity contribution in [3.05, 3.63) is 23.3 Å². The van der Waals surface area contributed by atoms with Crippen molar-refractivity contribution in [3.63, 3.8) is 0 Å². The lowest BCUT2D eigenvalue weighted by atomic mass is 10.0. The van der Waals surface area contributed by atoms with Gasteiger partial charge in [-0.05, 0) is 18.9 Å². The first-order valence-electron chi connectivity index (χ1n) is 7.67. The Balaban J connectivity index is 2.83. The highest BCUT2D eigenvalue weighted by Crippen LogP contribution is 2.34. The zero-order valence-corrected chi connectivity index (χ0v) is 17.3. The largest absolute Gasteiger partial charge is 0.295 e. The SMILES string of the molecule is CCc1cc2c(cc1C(C)=O)[Si](C)(C)[Si](C)(C)[Si]2(C)C. The van der Waals surface area contributed by atoms with Gasteiger partial charge in [0.1, 0.15) is 0 Å². The molecule has 0 atom stereocenters. The molecule has 1 heterocycles. The van der Waals surface area contributed by atoms with E-state index in [2.05, 4.69) is 58.3 Å². The van der Waals surface area contributed by atoms with Crippen LogP contribution in [0.5, 0.6) is 0 Å². The molecule has 0 bridgehead atoms. The fourth-order valence-corrected chi connectivity index (χ4v) is 38.3. The molecule has 4 heteroatoms. The van der Waals surface area contributed by atoms with Crippen LogP contribution in [0.1, 0.15) is 29.8 Å². The number of fused-ring (bicyclic) bond motifs is 1. The lowest BCUT2D eigenvalue weighted by Crippen LogP contribution is -2.68. The van der Waals surface area contributed by atoms with E-state index >= 15 is 0 Å². The molecule has 0 aliphatic carbocycles. The van der Waals surface area contributed by atoms with Gasteiger partial charge in [-0.2, -0.15) is 0 Å². The maximum Gasteiger partial charge on any atom is 0.160 e. The lowest BCUT2D eigenvalue weighted by molar-refractivity contribution is 0.101. The van der Waals surface area contributed by atoms with Gasteiger partial charge in [0.15, 0.2) is 5.78 Å². The first-order valence-corrected chi connectivity index (χ1v) is 18.7. The second-order valence-electron chi connectivity index (χ2n) is 7.84. The summed E-state index contributed by atoms with van der Waals surface area (Å²) in [4.78, 5) is 12.0. The summed E-state index contributed by atoms with van der Waals surface area (Å²) in [5.41, 5.74) is 2.26. The molecule has 0 N–H and O–H groups in total. The smallest absolute Gasteiger partial charge is 0.160 e. The molecule has 0 unspecified atom stereocenters. The maximum atomic E-state index is 12.0. The zero-order valence-electron chi connectivity index (χ0n) is 14.3. The first kappa shape index (κ1) is 15.9.